The van der Waals surface area contributed by atoms with Gasteiger partial charge in [0.15, 0.2) is 0 Å². The Kier molecular flexibility index (Phi) is 4.34. The fourth-order valence-electron chi connectivity index (χ4n) is 3.20. The van der Waals surface area contributed by atoms with E-state index in [4.69, 9.17) is 0 Å². The SMILES string of the molecule is CC1(C)CCC(NS(=O)(=O)CC2CCNCC2)C1. The Labute approximate surface area is 111 Å². The van der Waals surface area contributed by atoms with Crippen LogP contribution in [0.25, 0.3) is 0 Å². The minimum absolute atomic E-state index is 0.159. The van der Waals surface area contributed by atoms with Crippen molar-refractivity contribution in [3.63, 3.8) is 0 Å². The minimum Gasteiger partial charge on any atom is -0.317 e. The quantitative estimate of drug-likeness (QED) is 0.816. The van der Waals surface area contributed by atoms with E-state index in [9.17, 15) is 8.42 Å². The van der Waals surface area contributed by atoms with Gasteiger partial charge >= 0.3 is 0 Å². The summed E-state index contributed by atoms with van der Waals surface area (Å²) in [5.74, 6) is 0.643. The highest BCUT2D eigenvalue weighted by molar-refractivity contribution is 7.89. The van der Waals surface area contributed by atoms with Gasteiger partial charge in [-0.25, -0.2) is 13.1 Å². The Bertz CT molecular complexity index is 372. The van der Waals surface area contributed by atoms with Gasteiger partial charge in [0.1, 0.15) is 0 Å². The summed E-state index contributed by atoms with van der Waals surface area (Å²) < 4.78 is 27.2. The molecule has 1 saturated carbocycles. The highest BCUT2D eigenvalue weighted by atomic mass is 32.2. The summed E-state index contributed by atoms with van der Waals surface area (Å²) in [7, 11) is -3.09. The van der Waals surface area contributed by atoms with Crippen LogP contribution in [-0.4, -0.2) is 33.3 Å². The second-order valence-corrected chi connectivity index (χ2v) is 8.50. The van der Waals surface area contributed by atoms with Crippen molar-refractivity contribution in [2.75, 3.05) is 18.8 Å². The average Bonchev–Trinajstić information content (AvgIpc) is 2.57. The van der Waals surface area contributed by atoms with Crippen molar-refractivity contribution in [3.05, 3.63) is 0 Å². The predicted octanol–water partition coefficient (Wildman–Crippen LogP) is 1.48. The molecule has 1 unspecified atom stereocenters. The molecular formula is C13H26N2O2S. The molecule has 1 atom stereocenters. The minimum atomic E-state index is -3.09. The fraction of sp³-hybridized carbons (Fsp3) is 1.00. The van der Waals surface area contributed by atoms with Crippen LogP contribution < -0.4 is 10.0 Å². The summed E-state index contributed by atoms with van der Waals surface area (Å²) in [6, 6.07) is 0.159. The first kappa shape index (κ1) is 14.3. The maximum Gasteiger partial charge on any atom is 0.212 e. The maximum absolute atomic E-state index is 12.1. The van der Waals surface area contributed by atoms with Crippen molar-refractivity contribution in [2.45, 2.75) is 52.0 Å². The highest BCUT2D eigenvalue weighted by Gasteiger charge is 2.33. The van der Waals surface area contributed by atoms with Crippen LogP contribution in [0.15, 0.2) is 0 Å². The lowest BCUT2D eigenvalue weighted by molar-refractivity contribution is 0.371. The molecular weight excluding hydrogens is 248 g/mol. The van der Waals surface area contributed by atoms with Gasteiger partial charge < -0.3 is 5.32 Å². The van der Waals surface area contributed by atoms with Gasteiger partial charge in [0.2, 0.25) is 10.0 Å². The van der Waals surface area contributed by atoms with Gasteiger partial charge in [-0.05, 0) is 56.5 Å². The molecule has 1 aliphatic carbocycles. The van der Waals surface area contributed by atoms with E-state index in [2.05, 4.69) is 23.9 Å². The predicted molar refractivity (Wildman–Crippen MR) is 73.9 cm³/mol. The molecule has 5 heteroatoms. The summed E-state index contributed by atoms with van der Waals surface area (Å²) in [5.41, 5.74) is 0.294. The van der Waals surface area contributed by atoms with E-state index in [0.717, 1.165) is 45.2 Å². The van der Waals surface area contributed by atoms with Crippen LogP contribution in [0.4, 0.5) is 0 Å². The molecule has 0 aromatic rings. The number of rotatable bonds is 4. The van der Waals surface area contributed by atoms with E-state index in [-0.39, 0.29) is 6.04 Å². The molecule has 1 saturated heterocycles. The van der Waals surface area contributed by atoms with Crippen LogP contribution in [0.3, 0.4) is 0 Å². The topological polar surface area (TPSA) is 58.2 Å². The summed E-state index contributed by atoms with van der Waals surface area (Å²) in [5, 5.41) is 3.27. The Balaban J connectivity index is 1.83. The molecule has 0 aromatic carbocycles. The Hall–Kier alpha value is -0.130. The van der Waals surface area contributed by atoms with Crippen LogP contribution in [0, 0.1) is 11.3 Å². The zero-order chi connectivity index (χ0) is 13.2. The maximum atomic E-state index is 12.1. The summed E-state index contributed by atoms with van der Waals surface area (Å²) in [6.45, 7) is 6.34. The molecule has 1 heterocycles. The molecule has 0 radical (unpaired) electrons. The standard InChI is InChI=1S/C13H26N2O2S/c1-13(2)6-3-12(9-13)15-18(16,17)10-11-4-7-14-8-5-11/h11-12,14-15H,3-10H2,1-2H3. The van der Waals surface area contributed by atoms with Crippen molar-refractivity contribution in [1.82, 2.24) is 10.0 Å². The first-order valence-corrected chi connectivity index (χ1v) is 8.72. The third-order valence-corrected chi connectivity index (χ3v) is 5.83. The third-order valence-electron chi connectivity index (χ3n) is 4.23. The molecule has 0 spiro atoms. The van der Waals surface area contributed by atoms with E-state index in [1.807, 2.05) is 0 Å². The normalized spacial score (nSPS) is 29.6. The van der Waals surface area contributed by atoms with E-state index >= 15 is 0 Å². The average molecular weight is 274 g/mol. The molecule has 1 aliphatic heterocycles. The zero-order valence-electron chi connectivity index (χ0n) is 11.5. The van der Waals surface area contributed by atoms with Crippen LogP contribution in [-0.2, 0) is 10.0 Å². The Morgan fingerprint density at radius 3 is 2.44 bits per heavy atom. The van der Waals surface area contributed by atoms with Crippen molar-refractivity contribution in [1.29, 1.82) is 0 Å². The van der Waals surface area contributed by atoms with Gasteiger partial charge in [-0.2, -0.15) is 0 Å². The Morgan fingerprint density at radius 1 is 1.22 bits per heavy atom. The number of hydrogen-bond acceptors (Lipinski definition) is 3. The van der Waals surface area contributed by atoms with Gasteiger partial charge in [-0.15, -0.1) is 0 Å². The molecule has 0 aromatic heterocycles. The molecule has 4 nitrogen and oxygen atoms in total. The summed E-state index contributed by atoms with van der Waals surface area (Å²) >= 11 is 0. The van der Waals surface area contributed by atoms with Crippen LogP contribution in [0.1, 0.15) is 46.0 Å². The largest absolute Gasteiger partial charge is 0.317 e. The fourth-order valence-corrected chi connectivity index (χ4v) is 4.96. The lowest BCUT2D eigenvalue weighted by Crippen LogP contribution is -2.39. The molecule has 2 rings (SSSR count). The summed E-state index contributed by atoms with van der Waals surface area (Å²) in [4.78, 5) is 0. The van der Waals surface area contributed by atoms with Crippen LogP contribution in [0.5, 0.6) is 0 Å². The van der Waals surface area contributed by atoms with Crippen molar-refractivity contribution < 1.29 is 8.42 Å². The van der Waals surface area contributed by atoms with E-state index in [0.29, 0.717) is 17.1 Å². The van der Waals surface area contributed by atoms with E-state index < -0.39 is 10.0 Å². The molecule has 18 heavy (non-hydrogen) atoms. The first-order chi connectivity index (χ1) is 8.36. The van der Waals surface area contributed by atoms with Gasteiger partial charge in [-0.1, -0.05) is 13.8 Å². The number of sulfonamides is 1. The third kappa shape index (κ3) is 4.21. The van der Waals surface area contributed by atoms with Gasteiger partial charge in [-0.3, -0.25) is 0 Å². The monoisotopic (exact) mass is 274 g/mol. The van der Waals surface area contributed by atoms with Crippen molar-refractivity contribution >= 4 is 10.0 Å². The van der Waals surface area contributed by atoms with Gasteiger partial charge in [0.05, 0.1) is 5.75 Å². The molecule has 106 valence electrons. The summed E-state index contributed by atoms with van der Waals surface area (Å²) in [6.07, 6.45) is 5.04. The number of hydrogen-bond donors (Lipinski definition) is 2. The Morgan fingerprint density at radius 2 is 1.89 bits per heavy atom. The smallest absolute Gasteiger partial charge is 0.212 e. The lowest BCUT2D eigenvalue weighted by atomic mass is 9.92. The van der Waals surface area contributed by atoms with Crippen LogP contribution >= 0.6 is 0 Å². The van der Waals surface area contributed by atoms with Gasteiger partial charge in [0.25, 0.3) is 0 Å². The first-order valence-electron chi connectivity index (χ1n) is 7.07. The van der Waals surface area contributed by atoms with Crippen molar-refractivity contribution in [2.24, 2.45) is 11.3 Å². The molecule has 2 N–H and O–H groups in total. The second-order valence-electron chi connectivity index (χ2n) is 6.70. The number of piperidine rings is 1. The van der Waals surface area contributed by atoms with E-state index in [1.54, 1.807) is 0 Å². The van der Waals surface area contributed by atoms with E-state index in [1.165, 1.54) is 0 Å². The van der Waals surface area contributed by atoms with Crippen LogP contribution in [0.2, 0.25) is 0 Å². The number of nitrogens with one attached hydrogen (secondary N) is 2. The second kappa shape index (κ2) is 5.47. The molecule has 0 amide bonds. The molecule has 2 fully saturated rings. The molecule has 0 bridgehead atoms. The lowest BCUT2D eigenvalue weighted by Gasteiger charge is -2.23. The van der Waals surface area contributed by atoms with Crippen molar-refractivity contribution in [3.8, 4) is 0 Å². The zero-order valence-corrected chi connectivity index (χ0v) is 12.4. The van der Waals surface area contributed by atoms with Gasteiger partial charge in [0, 0.05) is 6.04 Å². The molecule has 2 aliphatic rings. The highest BCUT2D eigenvalue weighted by Crippen LogP contribution is 2.37.